The fourth-order valence-corrected chi connectivity index (χ4v) is 2.62. The van der Waals surface area contributed by atoms with Crippen LogP contribution in [0.15, 0.2) is 30.3 Å². The van der Waals surface area contributed by atoms with E-state index in [9.17, 15) is 9.59 Å². The zero-order valence-electron chi connectivity index (χ0n) is 15.0. The number of carbonyl (C=O) groups excluding carboxylic acids is 2. The predicted octanol–water partition coefficient (Wildman–Crippen LogP) is 1.58. The molecule has 1 aromatic carbocycles. The van der Waals surface area contributed by atoms with E-state index in [4.69, 9.17) is 24.1 Å². The highest BCUT2D eigenvalue weighted by Crippen LogP contribution is 2.31. The number of fused-ring (bicyclic) bond motifs is 1. The van der Waals surface area contributed by atoms with Crippen LogP contribution >= 0.6 is 0 Å². The first-order valence-electron chi connectivity index (χ1n) is 8.26. The summed E-state index contributed by atoms with van der Waals surface area (Å²) in [6.07, 6.45) is -1.68. The molecule has 7 nitrogen and oxygen atoms in total. The second kappa shape index (κ2) is 10.8. The Labute approximate surface area is 147 Å². The van der Waals surface area contributed by atoms with E-state index in [1.54, 1.807) is 24.3 Å². The largest absolute Gasteiger partial charge is 0.457 e. The molecule has 0 radical (unpaired) electrons. The SMILES string of the molecule is CC.CC(=O)OC1CO[C@@H]2C(OC(=O)c3ccccc3)CO[C@H]12.CO. The summed E-state index contributed by atoms with van der Waals surface area (Å²) in [4.78, 5) is 23.0. The van der Waals surface area contributed by atoms with Crippen molar-refractivity contribution in [1.82, 2.24) is 0 Å². The first-order chi connectivity index (χ1) is 12.1. The van der Waals surface area contributed by atoms with Gasteiger partial charge in [-0.2, -0.15) is 0 Å². The van der Waals surface area contributed by atoms with E-state index in [-0.39, 0.29) is 31.4 Å². The molecule has 2 aliphatic heterocycles. The molecule has 2 saturated heterocycles. The number of aliphatic hydroxyl groups excluding tert-OH is 1. The number of hydrogen-bond acceptors (Lipinski definition) is 7. The minimum absolute atomic E-state index is 0.242. The zero-order chi connectivity index (χ0) is 18.8. The van der Waals surface area contributed by atoms with Crippen LogP contribution in [0, 0.1) is 0 Å². The lowest BCUT2D eigenvalue weighted by Crippen LogP contribution is -2.35. The van der Waals surface area contributed by atoms with E-state index in [2.05, 4.69) is 0 Å². The van der Waals surface area contributed by atoms with Crippen molar-refractivity contribution in [1.29, 1.82) is 0 Å². The molecule has 2 unspecified atom stereocenters. The lowest BCUT2D eigenvalue weighted by Gasteiger charge is -2.17. The molecule has 0 spiro atoms. The number of rotatable bonds is 3. The minimum Gasteiger partial charge on any atom is -0.457 e. The Kier molecular flexibility index (Phi) is 9.12. The lowest BCUT2D eigenvalue weighted by atomic mass is 10.1. The fourth-order valence-electron chi connectivity index (χ4n) is 2.62. The van der Waals surface area contributed by atoms with Crippen LogP contribution in [0.5, 0.6) is 0 Å². The molecule has 1 N–H and O–H groups in total. The summed E-state index contributed by atoms with van der Waals surface area (Å²) in [5, 5.41) is 7.00. The van der Waals surface area contributed by atoms with Crippen LogP contribution in [-0.4, -0.2) is 61.8 Å². The summed E-state index contributed by atoms with van der Waals surface area (Å²) in [6.45, 7) is 5.84. The van der Waals surface area contributed by atoms with Crippen LogP contribution < -0.4 is 0 Å². The molecule has 25 heavy (non-hydrogen) atoms. The highest BCUT2D eigenvalue weighted by Gasteiger charge is 2.51. The third kappa shape index (κ3) is 5.52. The minimum atomic E-state index is -0.483. The molecule has 0 aromatic heterocycles. The van der Waals surface area contributed by atoms with Gasteiger partial charge < -0.3 is 24.1 Å². The van der Waals surface area contributed by atoms with Crippen molar-refractivity contribution in [3.8, 4) is 0 Å². The van der Waals surface area contributed by atoms with Crippen molar-refractivity contribution in [2.75, 3.05) is 20.3 Å². The molecule has 3 rings (SSSR count). The van der Waals surface area contributed by atoms with Crippen LogP contribution in [0.25, 0.3) is 0 Å². The summed E-state index contributed by atoms with van der Waals surface area (Å²) in [6, 6.07) is 8.75. The van der Waals surface area contributed by atoms with Crippen LogP contribution in [0.1, 0.15) is 31.1 Å². The molecule has 140 valence electrons. The van der Waals surface area contributed by atoms with Gasteiger partial charge in [-0.05, 0) is 12.1 Å². The first-order valence-corrected chi connectivity index (χ1v) is 8.26. The number of aliphatic hydroxyl groups is 1. The number of carbonyl (C=O) groups is 2. The van der Waals surface area contributed by atoms with Gasteiger partial charge in [0.25, 0.3) is 0 Å². The second-order valence-corrected chi connectivity index (χ2v) is 5.05. The van der Waals surface area contributed by atoms with Crippen molar-refractivity contribution in [3.05, 3.63) is 35.9 Å². The van der Waals surface area contributed by atoms with Gasteiger partial charge >= 0.3 is 11.9 Å². The van der Waals surface area contributed by atoms with Gasteiger partial charge in [-0.3, -0.25) is 4.79 Å². The van der Waals surface area contributed by atoms with Crippen molar-refractivity contribution in [2.45, 2.75) is 45.2 Å². The molecule has 2 fully saturated rings. The first kappa shape index (κ1) is 21.1. The normalized spacial score (nSPS) is 26.3. The van der Waals surface area contributed by atoms with E-state index in [0.29, 0.717) is 5.56 Å². The highest BCUT2D eigenvalue weighted by atomic mass is 16.7. The van der Waals surface area contributed by atoms with Crippen molar-refractivity contribution < 1.29 is 33.6 Å². The molecular formula is C18H26O7. The van der Waals surface area contributed by atoms with Crippen molar-refractivity contribution in [3.63, 3.8) is 0 Å². The van der Waals surface area contributed by atoms with Crippen LogP contribution in [0.3, 0.4) is 0 Å². The van der Waals surface area contributed by atoms with Crippen LogP contribution in [-0.2, 0) is 23.7 Å². The Hall–Kier alpha value is -1.96. The quantitative estimate of drug-likeness (QED) is 0.824. The number of benzene rings is 1. The van der Waals surface area contributed by atoms with Gasteiger partial charge in [-0.25, -0.2) is 4.79 Å². The summed E-state index contributed by atoms with van der Waals surface area (Å²) in [5.41, 5.74) is 0.482. The lowest BCUT2D eigenvalue weighted by molar-refractivity contribution is -0.151. The summed E-state index contributed by atoms with van der Waals surface area (Å²) < 4.78 is 21.7. The van der Waals surface area contributed by atoms with Crippen LogP contribution in [0.2, 0.25) is 0 Å². The summed E-state index contributed by atoms with van der Waals surface area (Å²) in [5.74, 6) is -0.790. The maximum absolute atomic E-state index is 12.0. The molecule has 1 aromatic rings. The molecular weight excluding hydrogens is 328 g/mol. The monoisotopic (exact) mass is 354 g/mol. The van der Waals surface area contributed by atoms with Gasteiger partial charge in [0.05, 0.1) is 18.8 Å². The van der Waals surface area contributed by atoms with Gasteiger partial charge in [0, 0.05) is 14.0 Å². The van der Waals surface area contributed by atoms with Gasteiger partial charge in [0.2, 0.25) is 0 Å². The molecule has 0 bridgehead atoms. The van der Waals surface area contributed by atoms with Crippen molar-refractivity contribution >= 4 is 11.9 Å². The standard InChI is InChI=1S/C15H16O6.C2H6.CH4O/c1-9(16)20-11-7-18-14-12(8-19-13(11)14)21-15(17)10-5-3-2-4-6-10;2*1-2/h2-6,11-14H,7-8H2,1H3;1-2H3;2H,1H3/t11?,12?,13-,14-;;/m1../s1. The molecule has 0 saturated carbocycles. The van der Waals surface area contributed by atoms with Crippen LogP contribution in [0.4, 0.5) is 0 Å². The second-order valence-electron chi connectivity index (χ2n) is 5.05. The molecule has 0 amide bonds. The topological polar surface area (TPSA) is 91.3 Å². The van der Waals surface area contributed by atoms with Gasteiger partial charge in [0.1, 0.15) is 12.2 Å². The smallest absolute Gasteiger partial charge is 0.338 e. The third-order valence-electron chi connectivity index (χ3n) is 3.55. The highest BCUT2D eigenvalue weighted by molar-refractivity contribution is 5.89. The molecule has 7 heteroatoms. The summed E-state index contributed by atoms with van der Waals surface area (Å²) >= 11 is 0. The summed E-state index contributed by atoms with van der Waals surface area (Å²) in [7, 11) is 1.00. The Balaban J connectivity index is 0.000000730. The number of hydrogen-bond donors (Lipinski definition) is 1. The van der Waals surface area contributed by atoms with E-state index < -0.39 is 18.2 Å². The Bertz CT molecular complexity index is 531. The van der Waals surface area contributed by atoms with E-state index >= 15 is 0 Å². The molecule has 2 aliphatic rings. The number of ether oxygens (including phenoxy) is 4. The van der Waals surface area contributed by atoms with E-state index in [0.717, 1.165) is 7.11 Å². The maximum atomic E-state index is 12.0. The average Bonchev–Trinajstić information content (AvgIpc) is 3.23. The maximum Gasteiger partial charge on any atom is 0.338 e. The third-order valence-corrected chi connectivity index (χ3v) is 3.55. The number of esters is 2. The molecule has 4 atom stereocenters. The fraction of sp³-hybridized carbons (Fsp3) is 0.556. The Morgan fingerprint density at radius 1 is 0.960 bits per heavy atom. The van der Waals surface area contributed by atoms with E-state index in [1.165, 1.54) is 6.92 Å². The zero-order valence-corrected chi connectivity index (χ0v) is 15.0. The van der Waals surface area contributed by atoms with Gasteiger partial charge in [-0.1, -0.05) is 32.0 Å². The van der Waals surface area contributed by atoms with Gasteiger partial charge in [-0.15, -0.1) is 0 Å². The molecule has 0 aliphatic carbocycles. The van der Waals surface area contributed by atoms with Crippen molar-refractivity contribution in [2.24, 2.45) is 0 Å². The molecule has 2 heterocycles. The van der Waals surface area contributed by atoms with Gasteiger partial charge in [0.15, 0.2) is 12.2 Å². The predicted molar refractivity (Wildman–Crippen MR) is 90.2 cm³/mol. The average molecular weight is 354 g/mol. The Morgan fingerprint density at radius 2 is 1.44 bits per heavy atom. The Morgan fingerprint density at radius 3 is 1.92 bits per heavy atom. The van der Waals surface area contributed by atoms with E-state index in [1.807, 2.05) is 19.9 Å².